The highest BCUT2D eigenvalue weighted by atomic mass is 16.4. The molecule has 8 heteroatoms. The fraction of sp³-hybridized carbons (Fsp3) is 0.640. The van der Waals surface area contributed by atoms with E-state index in [0.29, 0.717) is 44.1 Å². The summed E-state index contributed by atoms with van der Waals surface area (Å²) in [4.78, 5) is 37.3. The number of carboxylic acids is 1. The van der Waals surface area contributed by atoms with Crippen molar-refractivity contribution in [2.75, 3.05) is 6.54 Å². The Morgan fingerprint density at radius 2 is 1.70 bits per heavy atom. The van der Waals surface area contributed by atoms with Gasteiger partial charge in [-0.15, -0.1) is 0 Å². The number of carboxylic acid groups (broad SMARTS) is 1. The lowest BCUT2D eigenvalue weighted by Crippen LogP contribution is -2.54. The summed E-state index contributed by atoms with van der Waals surface area (Å²) in [7, 11) is 0. The number of rotatable bonds is 12. The Morgan fingerprint density at radius 1 is 1.00 bits per heavy atom. The third-order valence-corrected chi connectivity index (χ3v) is 6.81. The number of urea groups is 1. The van der Waals surface area contributed by atoms with Gasteiger partial charge in [-0.25, -0.2) is 9.59 Å². The number of amides is 3. The molecule has 6 N–H and O–H groups in total. The van der Waals surface area contributed by atoms with E-state index in [1.54, 1.807) is 0 Å². The number of benzene rings is 1. The number of carbonyl (C=O) groups excluding carboxylic acids is 2. The molecular formula is C25H38N4O4. The van der Waals surface area contributed by atoms with E-state index < -0.39 is 24.1 Å². The summed E-state index contributed by atoms with van der Waals surface area (Å²) in [6.45, 7) is 0.479. The summed E-state index contributed by atoms with van der Waals surface area (Å²) >= 11 is 0. The van der Waals surface area contributed by atoms with Crippen LogP contribution in [0.4, 0.5) is 4.79 Å². The van der Waals surface area contributed by atoms with Crippen molar-refractivity contribution in [1.29, 1.82) is 0 Å². The van der Waals surface area contributed by atoms with Crippen LogP contribution in [0.5, 0.6) is 0 Å². The van der Waals surface area contributed by atoms with Crippen molar-refractivity contribution in [2.24, 2.45) is 11.7 Å². The average Bonchev–Trinajstić information content (AvgIpc) is 3.58. The Morgan fingerprint density at radius 3 is 2.36 bits per heavy atom. The van der Waals surface area contributed by atoms with Gasteiger partial charge in [-0.1, -0.05) is 62.4 Å². The molecule has 0 aromatic heterocycles. The van der Waals surface area contributed by atoms with Crippen molar-refractivity contribution in [3.05, 3.63) is 35.9 Å². The van der Waals surface area contributed by atoms with Crippen LogP contribution in [0.2, 0.25) is 0 Å². The molecule has 3 amide bonds. The third kappa shape index (κ3) is 8.03. The molecule has 1 aromatic rings. The molecule has 2 aliphatic carbocycles. The number of aliphatic carboxylic acids is 1. The van der Waals surface area contributed by atoms with Gasteiger partial charge in [-0.3, -0.25) is 4.79 Å². The second-order valence-electron chi connectivity index (χ2n) is 9.45. The maximum Gasteiger partial charge on any atom is 0.326 e. The van der Waals surface area contributed by atoms with Crippen LogP contribution in [0.25, 0.3) is 0 Å². The van der Waals surface area contributed by atoms with Gasteiger partial charge in [0, 0.05) is 12.0 Å². The van der Waals surface area contributed by atoms with E-state index in [1.165, 1.54) is 12.0 Å². The van der Waals surface area contributed by atoms with Crippen LogP contribution in [0.15, 0.2) is 30.3 Å². The molecule has 2 saturated carbocycles. The van der Waals surface area contributed by atoms with Crippen molar-refractivity contribution in [3.8, 4) is 0 Å². The van der Waals surface area contributed by atoms with Gasteiger partial charge in [-0.2, -0.15) is 0 Å². The van der Waals surface area contributed by atoms with Gasteiger partial charge in [-0.05, 0) is 50.1 Å². The Hall–Kier alpha value is -2.61. The van der Waals surface area contributed by atoms with E-state index in [0.717, 1.165) is 32.1 Å². The first-order chi connectivity index (χ1) is 16.0. The van der Waals surface area contributed by atoms with Crippen LogP contribution in [0.3, 0.4) is 0 Å². The summed E-state index contributed by atoms with van der Waals surface area (Å²) in [5.74, 6) is -0.578. The number of nitrogens with two attached hydrogens (primary N) is 1. The summed E-state index contributed by atoms with van der Waals surface area (Å²) in [6, 6.07) is 7.89. The molecule has 0 heterocycles. The first-order valence-electron chi connectivity index (χ1n) is 12.3. The minimum Gasteiger partial charge on any atom is -0.480 e. The Kier molecular flexibility index (Phi) is 9.54. The topological polar surface area (TPSA) is 134 Å². The minimum absolute atomic E-state index is 0.0710. The average molecular weight is 459 g/mol. The van der Waals surface area contributed by atoms with E-state index >= 15 is 0 Å². The largest absolute Gasteiger partial charge is 0.480 e. The minimum atomic E-state index is -1.08. The Bertz CT molecular complexity index is 782. The van der Waals surface area contributed by atoms with E-state index in [1.807, 2.05) is 18.2 Å². The summed E-state index contributed by atoms with van der Waals surface area (Å²) < 4.78 is 0. The molecule has 0 saturated heterocycles. The normalized spacial score (nSPS) is 22.1. The van der Waals surface area contributed by atoms with E-state index in [-0.39, 0.29) is 11.9 Å². The lowest BCUT2D eigenvalue weighted by atomic mass is 9.84. The number of nitrogens with one attached hydrogen (secondary N) is 3. The van der Waals surface area contributed by atoms with Crippen LogP contribution >= 0.6 is 0 Å². The zero-order valence-electron chi connectivity index (χ0n) is 19.3. The van der Waals surface area contributed by atoms with Gasteiger partial charge < -0.3 is 26.8 Å². The number of unbranched alkanes of at least 4 members (excludes halogenated alkanes) is 1. The molecular weight excluding hydrogens is 420 g/mol. The van der Waals surface area contributed by atoms with Gasteiger partial charge in [0.25, 0.3) is 0 Å². The van der Waals surface area contributed by atoms with Gasteiger partial charge in [0.15, 0.2) is 0 Å². The second-order valence-corrected chi connectivity index (χ2v) is 9.45. The van der Waals surface area contributed by atoms with Gasteiger partial charge in [0.1, 0.15) is 12.1 Å². The Balaban J connectivity index is 1.57. The highest BCUT2D eigenvalue weighted by Gasteiger charge is 2.41. The van der Waals surface area contributed by atoms with Crippen molar-refractivity contribution in [3.63, 3.8) is 0 Å². The molecule has 0 spiro atoms. The monoisotopic (exact) mass is 458 g/mol. The molecule has 33 heavy (non-hydrogen) atoms. The first-order valence-corrected chi connectivity index (χ1v) is 12.3. The van der Waals surface area contributed by atoms with Crippen LogP contribution in [-0.4, -0.2) is 47.7 Å². The van der Waals surface area contributed by atoms with E-state index in [9.17, 15) is 19.5 Å². The molecule has 4 atom stereocenters. The summed E-state index contributed by atoms with van der Waals surface area (Å²) in [5.41, 5.74) is 6.69. The molecule has 2 fully saturated rings. The lowest BCUT2D eigenvalue weighted by Gasteiger charge is -2.27. The van der Waals surface area contributed by atoms with E-state index in [2.05, 4.69) is 28.1 Å². The zero-order valence-corrected chi connectivity index (χ0v) is 19.3. The smallest absolute Gasteiger partial charge is 0.326 e. The van der Waals surface area contributed by atoms with Crippen LogP contribution in [-0.2, 0) is 9.59 Å². The summed E-state index contributed by atoms with van der Waals surface area (Å²) in [5, 5.41) is 17.8. The standard InChI is InChI=1S/C25H38N4O4/c26-14-8-7-13-20(24(31)32)28-25(33)29-22(15-17-9-3-1-4-10-17)23(30)27-21-16-19(21)18-11-5-2-6-12-18/h2,5-6,11-12,17,19-22H,1,3-4,7-10,13-16,26H2,(H,27,30)(H,31,32)(H2,28,29,33)/t19-,20+,21?,22-/m1/s1. The molecule has 0 radical (unpaired) electrons. The van der Waals surface area contributed by atoms with Gasteiger partial charge >= 0.3 is 12.0 Å². The van der Waals surface area contributed by atoms with Crippen molar-refractivity contribution >= 4 is 17.9 Å². The molecule has 3 rings (SSSR count). The fourth-order valence-electron chi connectivity index (χ4n) is 4.80. The third-order valence-electron chi connectivity index (χ3n) is 6.81. The van der Waals surface area contributed by atoms with Crippen molar-refractivity contribution in [1.82, 2.24) is 16.0 Å². The second kappa shape index (κ2) is 12.6. The first kappa shape index (κ1) is 25.0. The van der Waals surface area contributed by atoms with Gasteiger partial charge in [0.05, 0.1) is 0 Å². The molecule has 0 aliphatic heterocycles. The van der Waals surface area contributed by atoms with Gasteiger partial charge in [0.2, 0.25) is 5.91 Å². The predicted octanol–water partition coefficient (Wildman–Crippen LogP) is 2.88. The highest BCUT2D eigenvalue weighted by Crippen LogP contribution is 2.40. The molecule has 1 aromatic carbocycles. The van der Waals surface area contributed by atoms with Crippen LogP contribution in [0, 0.1) is 5.92 Å². The van der Waals surface area contributed by atoms with Crippen molar-refractivity contribution < 1.29 is 19.5 Å². The molecule has 0 bridgehead atoms. The van der Waals surface area contributed by atoms with E-state index in [4.69, 9.17) is 5.73 Å². The SMILES string of the molecule is NCCCC[C@H](NC(=O)N[C@H](CC1CCCCC1)C(=O)NC1C[C@@H]1c1ccccc1)C(=O)O. The lowest BCUT2D eigenvalue weighted by molar-refractivity contribution is -0.139. The summed E-state index contributed by atoms with van der Waals surface area (Å²) in [6.07, 6.45) is 8.70. The maximum absolute atomic E-state index is 13.1. The number of hydrogen-bond acceptors (Lipinski definition) is 4. The zero-order chi connectivity index (χ0) is 23.6. The molecule has 2 aliphatic rings. The quantitative estimate of drug-likeness (QED) is 0.307. The molecule has 182 valence electrons. The van der Waals surface area contributed by atoms with Crippen LogP contribution < -0.4 is 21.7 Å². The highest BCUT2D eigenvalue weighted by molar-refractivity contribution is 5.89. The Labute approximate surface area is 196 Å². The van der Waals surface area contributed by atoms with Crippen LogP contribution in [0.1, 0.15) is 75.7 Å². The van der Waals surface area contributed by atoms with Crippen molar-refractivity contribution in [2.45, 2.75) is 88.3 Å². The number of hydrogen-bond donors (Lipinski definition) is 5. The molecule has 8 nitrogen and oxygen atoms in total. The fourth-order valence-corrected chi connectivity index (χ4v) is 4.80. The predicted molar refractivity (Wildman–Crippen MR) is 127 cm³/mol. The molecule has 1 unspecified atom stereocenters. The number of carbonyl (C=O) groups is 3. The maximum atomic E-state index is 13.1.